The molecule has 0 bridgehead atoms. The van der Waals surface area contributed by atoms with Gasteiger partial charge in [-0.05, 0) is 33.4 Å². The number of esters is 1. The third-order valence-corrected chi connectivity index (χ3v) is 2.84. The van der Waals surface area contributed by atoms with Crippen LogP contribution in [0.5, 0.6) is 5.75 Å². The van der Waals surface area contributed by atoms with Crippen LogP contribution in [0, 0.1) is 13.8 Å². The van der Waals surface area contributed by atoms with Crippen molar-refractivity contribution in [3.8, 4) is 5.75 Å². The Morgan fingerprint density at radius 3 is 2.58 bits per heavy atom. The maximum Gasteiger partial charge on any atom is 0.320 e. The van der Waals surface area contributed by atoms with Gasteiger partial charge in [0.25, 0.3) is 0 Å². The smallest absolute Gasteiger partial charge is 0.320 e. The molecule has 0 aliphatic carbocycles. The molecule has 0 N–H and O–H groups in total. The van der Waals surface area contributed by atoms with Crippen LogP contribution in [0.4, 0.5) is 0 Å². The highest BCUT2D eigenvalue weighted by molar-refractivity contribution is 5.71. The zero-order valence-corrected chi connectivity index (χ0v) is 12.4. The van der Waals surface area contributed by atoms with Crippen molar-refractivity contribution < 1.29 is 14.3 Å². The second-order valence-electron chi connectivity index (χ2n) is 4.75. The number of likely N-dealkylation sites (N-methyl/N-ethyl adjacent to an activating group) is 1. The zero-order valence-electron chi connectivity index (χ0n) is 12.4. The predicted octanol–water partition coefficient (Wildman–Crippen LogP) is 2.31. The van der Waals surface area contributed by atoms with Crippen LogP contribution in [-0.2, 0) is 16.1 Å². The normalized spacial score (nSPS) is 10.6. The molecule has 19 heavy (non-hydrogen) atoms. The van der Waals surface area contributed by atoms with E-state index in [1.165, 1.54) is 5.56 Å². The molecule has 106 valence electrons. The average molecular weight is 265 g/mol. The number of methoxy groups -OCH3 is 1. The van der Waals surface area contributed by atoms with Gasteiger partial charge < -0.3 is 9.47 Å². The molecule has 4 heteroatoms. The number of carbonyl (C=O) groups is 1. The number of hydrogen-bond donors (Lipinski definition) is 0. The lowest BCUT2D eigenvalue weighted by Crippen LogP contribution is -2.27. The minimum atomic E-state index is -0.201. The number of carbonyl (C=O) groups excluding carboxylic acids is 1. The van der Waals surface area contributed by atoms with Gasteiger partial charge in [0.05, 0.1) is 20.3 Å². The molecule has 1 aromatic carbocycles. The zero-order chi connectivity index (χ0) is 14.4. The van der Waals surface area contributed by atoms with Gasteiger partial charge >= 0.3 is 5.97 Å². The van der Waals surface area contributed by atoms with Crippen LogP contribution < -0.4 is 4.74 Å². The molecule has 0 heterocycles. The van der Waals surface area contributed by atoms with Gasteiger partial charge in [0.1, 0.15) is 5.75 Å². The molecular weight excluding hydrogens is 242 g/mol. The Morgan fingerprint density at radius 1 is 1.32 bits per heavy atom. The highest BCUT2D eigenvalue weighted by atomic mass is 16.5. The van der Waals surface area contributed by atoms with E-state index >= 15 is 0 Å². The molecule has 0 aliphatic heterocycles. The van der Waals surface area contributed by atoms with E-state index in [4.69, 9.17) is 9.47 Å². The number of aryl methyl sites for hydroxylation is 2. The number of nitrogens with zero attached hydrogens (tertiary/aromatic N) is 1. The standard InChI is InChI=1S/C15H23NO3/c1-6-19-14(17)10-16(4)9-13-8-11(2)7-12(3)15(13)18-5/h7-8H,6,9-10H2,1-5H3. The van der Waals surface area contributed by atoms with Crippen molar-refractivity contribution in [2.75, 3.05) is 27.3 Å². The maximum atomic E-state index is 11.4. The Morgan fingerprint density at radius 2 is 2.00 bits per heavy atom. The van der Waals surface area contributed by atoms with Crippen molar-refractivity contribution in [3.63, 3.8) is 0 Å². The third-order valence-electron chi connectivity index (χ3n) is 2.84. The first kappa shape index (κ1) is 15.5. The molecule has 0 fully saturated rings. The second kappa shape index (κ2) is 7.14. The van der Waals surface area contributed by atoms with Crippen molar-refractivity contribution in [3.05, 3.63) is 28.8 Å². The summed E-state index contributed by atoms with van der Waals surface area (Å²) >= 11 is 0. The summed E-state index contributed by atoms with van der Waals surface area (Å²) in [5, 5.41) is 0. The van der Waals surface area contributed by atoms with Crippen LogP contribution in [0.1, 0.15) is 23.6 Å². The van der Waals surface area contributed by atoms with Gasteiger partial charge in [-0.2, -0.15) is 0 Å². The molecule has 0 radical (unpaired) electrons. The third kappa shape index (κ3) is 4.56. The van der Waals surface area contributed by atoms with Crippen molar-refractivity contribution in [1.82, 2.24) is 4.90 Å². The molecule has 0 atom stereocenters. The summed E-state index contributed by atoms with van der Waals surface area (Å²) in [6.07, 6.45) is 0. The van der Waals surface area contributed by atoms with Gasteiger partial charge in [0.15, 0.2) is 0 Å². The summed E-state index contributed by atoms with van der Waals surface area (Å²) in [4.78, 5) is 13.4. The number of hydrogen-bond acceptors (Lipinski definition) is 4. The van der Waals surface area contributed by atoms with E-state index in [0.717, 1.165) is 16.9 Å². The molecular formula is C15H23NO3. The van der Waals surface area contributed by atoms with Gasteiger partial charge in [-0.25, -0.2) is 0 Å². The summed E-state index contributed by atoms with van der Waals surface area (Å²) in [7, 11) is 3.57. The minimum Gasteiger partial charge on any atom is -0.496 e. The highest BCUT2D eigenvalue weighted by Crippen LogP contribution is 2.25. The molecule has 0 saturated carbocycles. The highest BCUT2D eigenvalue weighted by Gasteiger charge is 2.12. The van der Waals surface area contributed by atoms with Gasteiger partial charge in [0.2, 0.25) is 0 Å². The topological polar surface area (TPSA) is 38.8 Å². The summed E-state index contributed by atoms with van der Waals surface area (Å²) < 4.78 is 10.4. The maximum absolute atomic E-state index is 11.4. The monoisotopic (exact) mass is 265 g/mol. The Bertz CT molecular complexity index is 443. The Hall–Kier alpha value is -1.55. The second-order valence-corrected chi connectivity index (χ2v) is 4.75. The molecule has 0 saturated heterocycles. The Labute approximate surface area is 115 Å². The van der Waals surface area contributed by atoms with Crippen LogP contribution in [0.15, 0.2) is 12.1 Å². The van der Waals surface area contributed by atoms with Crippen molar-refractivity contribution in [1.29, 1.82) is 0 Å². The van der Waals surface area contributed by atoms with Crippen molar-refractivity contribution in [2.24, 2.45) is 0 Å². The van der Waals surface area contributed by atoms with Gasteiger partial charge in [-0.1, -0.05) is 17.7 Å². The fourth-order valence-electron chi connectivity index (χ4n) is 2.23. The van der Waals surface area contributed by atoms with Gasteiger partial charge in [-0.15, -0.1) is 0 Å². The quantitative estimate of drug-likeness (QED) is 0.740. The van der Waals surface area contributed by atoms with E-state index in [2.05, 4.69) is 19.1 Å². The molecule has 1 aromatic rings. The van der Waals surface area contributed by atoms with Crippen LogP contribution >= 0.6 is 0 Å². The van der Waals surface area contributed by atoms with Crippen LogP contribution in [0.2, 0.25) is 0 Å². The lowest BCUT2D eigenvalue weighted by atomic mass is 10.1. The molecule has 0 aliphatic rings. The molecule has 0 spiro atoms. The fraction of sp³-hybridized carbons (Fsp3) is 0.533. The van der Waals surface area contributed by atoms with Crippen molar-refractivity contribution >= 4 is 5.97 Å². The first-order chi connectivity index (χ1) is 8.97. The molecule has 0 amide bonds. The first-order valence-corrected chi connectivity index (χ1v) is 6.46. The first-order valence-electron chi connectivity index (χ1n) is 6.46. The largest absolute Gasteiger partial charge is 0.496 e. The molecule has 1 rings (SSSR count). The van der Waals surface area contributed by atoms with Crippen LogP contribution in [0.25, 0.3) is 0 Å². The van der Waals surface area contributed by atoms with E-state index in [9.17, 15) is 4.79 Å². The Balaban J connectivity index is 2.78. The van der Waals surface area contributed by atoms with Gasteiger partial charge in [0, 0.05) is 12.1 Å². The fourth-order valence-corrected chi connectivity index (χ4v) is 2.23. The van der Waals surface area contributed by atoms with E-state index in [1.54, 1.807) is 7.11 Å². The lowest BCUT2D eigenvalue weighted by molar-refractivity contribution is -0.144. The summed E-state index contributed by atoms with van der Waals surface area (Å²) in [5.41, 5.74) is 3.40. The molecule has 0 aromatic heterocycles. The van der Waals surface area contributed by atoms with E-state index < -0.39 is 0 Å². The van der Waals surface area contributed by atoms with Crippen LogP contribution in [0.3, 0.4) is 0 Å². The van der Waals surface area contributed by atoms with E-state index in [1.807, 2.05) is 25.8 Å². The van der Waals surface area contributed by atoms with E-state index in [0.29, 0.717) is 13.2 Å². The van der Waals surface area contributed by atoms with Crippen LogP contribution in [-0.4, -0.2) is 38.2 Å². The molecule has 0 unspecified atom stereocenters. The number of benzene rings is 1. The summed E-state index contributed by atoms with van der Waals surface area (Å²) in [6, 6.07) is 4.18. The lowest BCUT2D eigenvalue weighted by Gasteiger charge is -2.19. The molecule has 4 nitrogen and oxygen atoms in total. The Kier molecular flexibility index (Phi) is 5.83. The summed E-state index contributed by atoms with van der Waals surface area (Å²) in [6.45, 7) is 7.25. The number of rotatable bonds is 6. The average Bonchev–Trinajstić information content (AvgIpc) is 2.28. The summed E-state index contributed by atoms with van der Waals surface area (Å²) in [5.74, 6) is 0.689. The predicted molar refractivity (Wildman–Crippen MR) is 75.4 cm³/mol. The number of ether oxygens (including phenoxy) is 2. The van der Waals surface area contributed by atoms with Gasteiger partial charge in [-0.3, -0.25) is 9.69 Å². The SMILES string of the molecule is CCOC(=O)CN(C)Cc1cc(C)cc(C)c1OC. The van der Waals surface area contributed by atoms with Crippen molar-refractivity contribution in [2.45, 2.75) is 27.3 Å². The van der Waals surface area contributed by atoms with E-state index in [-0.39, 0.29) is 12.5 Å². The minimum absolute atomic E-state index is 0.201.